The monoisotopic (exact) mass is 362 g/mol. The number of hydrogen-bond acceptors (Lipinski definition) is 5. The SMILES string of the molecule is Cn1cc(CCCNc2nc(-c3ccccc3)nc3c2CCNC3=O)cn1. The van der Waals surface area contributed by atoms with Crippen LogP contribution in [-0.4, -0.2) is 38.7 Å². The standard InChI is InChI=1S/C20H22N6O/c1-26-13-14(12-23-26)6-5-10-21-19-16-9-11-22-20(27)17(16)24-18(25-19)15-7-3-2-4-8-15/h2-4,7-8,12-13H,5-6,9-11H2,1H3,(H,22,27)(H,21,24,25). The Bertz CT molecular complexity index is 950. The maximum absolute atomic E-state index is 12.3. The van der Waals surface area contributed by atoms with Gasteiger partial charge in [0.25, 0.3) is 5.91 Å². The van der Waals surface area contributed by atoms with E-state index in [0.29, 0.717) is 18.1 Å². The molecule has 4 rings (SSSR count). The molecule has 2 N–H and O–H groups in total. The summed E-state index contributed by atoms with van der Waals surface area (Å²) in [5.41, 5.74) is 3.50. The van der Waals surface area contributed by atoms with Crippen LogP contribution < -0.4 is 10.6 Å². The summed E-state index contributed by atoms with van der Waals surface area (Å²) in [7, 11) is 1.92. The number of amides is 1. The molecule has 3 heterocycles. The zero-order valence-electron chi connectivity index (χ0n) is 15.3. The van der Waals surface area contributed by atoms with Crippen LogP contribution in [0.4, 0.5) is 5.82 Å². The summed E-state index contributed by atoms with van der Waals surface area (Å²) in [4.78, 5) is 21.6. The van der Waals surface area contributed by atoms with E-state index in [-0.39, 0.29) is 5.91 Å². The van der Waals surface area contributed by atoms with Crippen molar-refractivity contribution in [3.05, 3.63) is 59.5 Å². The highest BCUT2D eigenvalue weighted by molar-refractivity contribution is 5.96. The Morgan fingerprint density at radius 2 is 2.07 bits per heavy atom. The zero-order chi connectivity index (χ0) is 18.6. The minimum Gasteiger partial charge on any atom is -0.370 e. The summed E-state index contributed by atoms with van der Waals surface area (Å²) in [5.74, 6) is 1.20. The van der Waals surface area contributed by atoms with Gasteiger partial charge in [0.1, 0.15) is 11.5 Å². The van der Waals surface area contributed by atoms with Crippen molar-refractivity contribution in [3.63, 3.8) is 0 Å². The number of carbonyl (C=O) groups excluding carboxylic acids is 1. The van der Waals surface area contributed by atoms with Gasteiger partial charge in [0.05, 0.1) is 6.20 Å². The smallest absolute Gasteiger partial charge is 0.270 e. The lowest BCUT2D eigenvalue weighted by atomic mass is 10.1. The minimum absolute atomic E-state index is 0.130. The molecule has 0 spiro atoms. The Hall–Kier alpha value is -3.22. The summed E-state index contributed by atoms with van der Waals surface area (Å²) < 4.78 is 1.81. The summed E-state index contributed by atoms with van der Waals surface area (Å²) >= 11 is 0. The molecule has 7 heteroatoms. The molecule has 0 fully saturated rings. The fourth-order valence-corrected chi connectivity index (χ4v) is 3.26. The first-order valence-electron chi connectivity index (χ1n) is 9.16. The van der Waals surface area contributed by atoms with Crippen LogP contribution >= 0.6 is 0 Å². The second kappa shape index (κ2) is 7.57. The number of anilines is 1. The highest BCUT2D eigenvalue weighted by Crippen LogP contribution is 2.25. The van der Waals surface area contributed by atoms with Crippen molar-refractivity contribution in [2.75, 3.05) is 18.4 Å². The Labute approximate surface area is 157 Å². The van der Waals surface area contributed by atoms with Crippen molar-refractivity contribution in [1.29, 1.82) is 0 Å². The van der Waals surface area contributed by atoms with Gasteiger partial charge in [-0.1, -0.05) is 30.3 Å². The van der Waals surface area contributed by atoms with Gasteiger partial charge in [0, 0.05) is 37.5 Å². The van der Waals surface area contributed by atoms with Gasteiger partial charge < -0.3 is 10.6 Å². The van der Waals surface area contributed by atoms with Gasteiger partial charge in [0.15, 0.2) is 5.82 Å². The van der Waals surface area contributed by atoms with E-state index >= 15 is 0 Å². The average Bonchev–Trinajstić information content (AvgIpc) is 3.11. The van der Waals surface area contributed by atoms with E-state index in [0.717, 1.165) is 42.8 Å². The Morgan fingerprint density at radius 3 is 2.85 bits per heavy atom. The van der Waals surface area contributed by atoms with Crippen LogP contribution in [0.15, 0.2) is 42.7 Å². The summed E-state index contributed by atoms with van der Waals surface area (Å²) in [6.45, 7) is 1.39. The fraction of sp³-hybridized carbons (Fsp3) is 0.300. The van der Waals surface area contributed by atoms with Crippen molar-refractivity contribution >= 4 is 11.7 Å². The molecule has 0 saturated carbocycles. The largest absolute Gasteiger partial charge is 0.370 e. The number of hydrogen-bond donors (Lipinski definition) is 2. The van der Waals surface area contributed by atoms with Crippen LogP contribution in [0, 0.1) is 0 Å². The summed E-state index contributed by atoms with van der Waals surface area (Å²) in [6, 6.07) is 9.74. The molecule has 0 saturated heterocycles. The maximum Gasteiger partial charge on any atom is 0.270 e. The number of fused-ring (bicyclic) bond motifs is 1. The first kappa shape index (κ1) is 17.2. The van der Waals surface area contributed by atoms with Crippen molar-refractivity contribution in [2.24, 2.45) is 7.05 Å². The molecule has 0 bridgehead atoms. The molecule has 0 atom stereocenters. The highest BCUT2D eigenvalue weighted by Gasteiger charge is 2.23. The van der Waals surface area contributed by atoms with Gasteiger partial charge in [0.2, 0.25) is 0 Å². The number of nitrogens with zero attached hydrogens (tertiary/aromatic N) is 4. The minimum atomic E-state index is -0.130. The zero-order valence-corrected chi connectivity index (χ0v) is 15.3. The van der Waals surface area contributed by atoms with Crippen molar-refractivity contribution in [1.82, 2.24) is 25.1 Å². The van der Waals surface area contributed by atoms with Crippen LogP contribution in [0.3, 0.4) is 0 Å². The van der Waals surface area contributed by atoms with Gasteiger partial charge in [-0.25, -0.2) is 9.97 Å². The molecular weight excluding hydrogens is 340 g/mol. The molecule has 0 unspecified atom stereocenters. The third-order valence-electron chi connectivity index (χ3n) is 4.61. The normalized spacial score (nSPS) is 13.1. The molecular formula is C20H22N6O. The van der Waals surface area contributed by atoms with Crippen LogP contribution in [-0.2, 0) is 19.9 Å². The summed E-state index contributed by atoms with van der Waals surface area (Å²) in [5, 5.41) is 10.5. The molecule has 1 aromatic carbocycles. The van der Waals surface area contributed by atoms with E-state index in [2.05, 4.69) is 20.7 Å². The number of aromatic nitrogens is 4. The number of aryl methyl sites for hydroxylation is 2. The Balaban J connectivity index is 1.55. The van der Waals surface area contributed by atoms with Crippen LogP contribution in [0.25, 0.3) is 11.4 Å². The summed E-state index contributed by atoms with van der Waals surface area (Å²) in [6.07, 6.45) is 6.56. The second-order valence-corrected chi connectivity index (χ2v) is 6.65. The highest BCUT2D eigenvalue weighted by atomic mass is 16.1. The lowest BCUT2D eigenvalue weighted by Gasteiger charge is -2.20. The first-order valence-corrected chi connectivity index (χ1v) is 9.16. The van der Waals surface area contributed by atoms with Crippen LogP contribution in [0.1, 0.15) is 28.0 Å². The molecule has 1 amide bonds. The van der Waals surface area contributed by atoms with Crippen molar-refractivity contribution in [3.8, 4) is 11.4 Å². The number of carbonyl (C=O) groups is 1. The third kappa shape index (κ3) is 3.81. The lowest BCUT2D eigenvalue weighted by Crippen LogP contribution is -2.34. The van der Waals surface area contributed by atoms with E-state index in [1.807, 2.05) is 54.5 Å². The molecule has 2 aromatic heterocycles. The topological polar surface area (TPSA) is 84.7 Å². The Kier molecular flexibility index (Phi) is 4.82. The van der Waals surface area contributed by atoms with E-state index in [1.165, 1.54) is 5.56 Å². The molecule has 138 valence electrons. The average molecular weight is 362 g/mol. The molecule has 7 nitrogen and oxygen atoms in total. The predicted molar refractivity (Wildman–Crippen MR) is 104 cm³/mol. The quantitative estimate of drug-likeness (QED) is 0.657. The molecule has 1 aliphatic heterocycles. The number of rotatable bonds is 6. The molecule has 27 heavy (non-hydrogen) atoms. The van der Waals surface area contributed by atoms with Crippen molar-refractivity contribution in [2.45, 2.75) is 19.3 Å². The van der Waals surface area contributed by atoms with Gasteiger partial charge in [-0.3, -0.25) is 9.48 Å². The Morgan fingerprint density at radius 1 is 1.22 bits per heavy atom. The van der Waals surface area contributed by atoms with Crippen molar-refractivity contribution < 1.29 is 4.79 Å². The van der Waals surface area contributed by atoms with Crippen LogP contribution in [0.2, 0.25) is 0 Å². The van der Waals surface area contributed by atoms with E-state index in [9.17, 15) is 4.79 Å². The third-order valence-corrected chi connectivity index (χ3v) is 4.61. The van der Waals surface area contributed by atoms with E-state index in [4.69, 9.17) is 4.98 Å². The lowest BCUT2D eigenvalue weighted by molar-refractivity contribution is 0.0940. The van der Waals surface area contributed by atoms with Gasteiger partial charge >= 0.3 is 0 Å². The van der Waals surface area contributed by atoms with Crippen LogP contribution in [0.5, 0.6) is 0 Å². The van der Waals surface area contributed by atoms with E-state index in [1.54, 1.807) is 0 Å². The first-order chi connectivity index (χ1) is 13.2. The van der Waals surface area contributed by atoms with E-state index < -0.39 is 0 Å². The van der Waals surface area contributed by atoms with Gasteiger partial charge in [-0.05, 0) is 24.8 Å². The number of benzene rings is 1. The molecule has 0 radical (unpaired) electrons. The maximum atomic E-state index is 12.3. The number of nitrogens with one attached hydrogen (secondary N) is 2. The van der Waals surface area contributed by atoms with Gasteiger partial charge in [-0.15, -0.1) is 0 Å². The molecule has 3 aromatic rings. The molecule has 0 aliphatic carbocycles. The molecule has 1 aliphatic rings. The predicted octanol–water partition coefficient (Wildman–Crippen LogP) is 2.21. The fourth-order valence-electron chi connectivity index (χ4n) is 3.26. The van der Waals surface area contributed by atoms with Gasteiger partial charge in [-0.2, -0.15) is 5.10 Å². The second-order valence-electron chi connectivity index (χ2n) is 6.65.